The van der Waals surface area contributed by atoms with Gasteiger partial charge in [0.25, 0.3) is 11.5 Å². The lowest BCUT2D eigenvalue weighted by Gasteiger charge is -2.35. The molecule has 4 aromatic heterocycles. The van der Waals surface area contributed by atoms with E-state index < -0.39 is 70.8 Å². The number of amides is 7. The van der Waals surface area contributed by atoms with Crippen molar-refractivity contribution >= 4 is 97.5 Å². The first-order chi connectivity index (χ1) is 53.5. The summed E-state index contributed by atoms with van der Waals surface area (Å²) < 4.78 is 48.5. The number of hydrogen-bond acceptors (Lipinski definition) is 20. The predicted octanol–water partition coefficient (Wildman–Crippen LogP) is 9.06. The first-order valence-electron chi connectivity index (χ1n) is 37.0. The molecule has 0 saturated carbocycles. The summed E-state index contributed by atoms with van der Waals surface area (Å²) in [5.74, 6) is -2.68. The maximum atomic E-state index is 15.2. The molecule has 5 aromatic carbocycles. The van der Waals surface area contributed by atoms with Gasteiger partial charge in [-0.3, -0.25) is 43.0 Å². The number of thiazole rings is 1. The van der Waals surface area contributed by atoms with Crippen molar-refractivity contribution in [2.75, 3.05) is 64.9 Å². The zero-order valence-corrected chi connectivity index (χ0v) is 64.1. The Bertz CT molecular complexity index is 4860. The lowest BCUT2D eigenvalue weighted by atomic mass is 9.85. The maximum absolute atomic E-state index is 15.2. The van der Waals surface area contributed by atoms with Crippen molar-refractivity contribution in [2.24, 2.45) is 5.41 Å². The number of rotatable bonds is 35. The molecule has 2 fully saturated rings. The number of methoxy groups -OCH3 is 1. The third-order valence-electron chi connectivity index (χ3n) is 19.4. The third-order valence-corrected chi connectivity index (χ3v) is 20.6. The van der Waals surface area contributed by atoms with E-state index in [1.165, 1.54) is 58.3 Å². The molecular weight excluding hydrogens is 1470 g/mol. The molecule has 2 saturated heterocycles. The van der Waals surface area contributed by atoms with E-state index in [0.29, 0.717) is 107 Å². The smallest absolute Gasteiger partial charge is 0.272 e. The van der Waals surface area contributed by atoms with Crippen LogP contribution in [0.3, 0.4) is 0 Å². The van der Waals surface area contributed by atoms with Gasteiger partial charge in [-0.15, -0.1) is 16.4 Å². The van der Waals surface area contributed by atoms with Crippen molar-refractivity contribution < 1.29 is 61.7 Å². The van der Waals surface area contributed by atoms with Crippen molar-refractivity contribution in [3.8, 4) is 21.9 Å². The van der Waals surface area contributed by atoms with Crippen LogP contribution in [-0.2, 0) is 59.6 Å². The summed E-state index contributed by atoms with van der Waals surface area (Å²) in [6.45, 7) is 8.96. The number of unbranched alkanes of at least 4 members (excludes halogenated alkanes) is 4. The van der Waals surface area contributed by atoms with E-state index >= 15 is 4.39 Å². The number of aliphatic hydroxyl groups is 1. The van der Waals surface area contributed by atoms with Crippen LogP contribution in [-0.4, -0.2) is 185 Å². The highest BCUT2D eigenvalue weighted by atomic mass is 35.5. The van der Waals surface area contributed by atoms with Gasteiger partial charge in [-0.2, -0.15) is 5.10 Å². The quantitative estimate of drug-likeness (QED) is 0.0182. The zero-order chi connectivity index (χ0) is 78.7. The molecule has 2 aliphatic heterocycles. The Balaban J connectivity index is 0.632. The van der Waals surface area contributed by atoms with Gasteiger partial charge in [-0.25, -0.2) is 28.8 Å². The Labute approximate surface area is 648 Å². The number of β-amino-alcohol motifs (C(OH)–C–C–N with tert-alkyl or cyclic N) is 1. The van der Waals surface area contributed by atoms with E-state index in [1.54, 1.807) is 70.4 Å². The second-order valence-electron chi connectivity index (χ2n) is 28.6. The number of aryl methyl sites for hydroxylation is 2. The fraction of sp³-hybridized carbons (Fsp3) is 0.418. The van der Waals surface area contributed by atoms with E-state index in [0.717, 1.165) is 21.7 Å². The minimum Gasteiger partial charge on any atom is -0.493 e. The van der Waals surface area contributed by atoms with Crippen molar-refractivity contribution in [3.63, 3.8) is 0 Å². The highest BCUT2D eigenvalue weighted by Crippen LogP contribution is 2.36. The molecule has 1 unspecified atom stereocenters. The van der Waals surface area contributed by atoms with E-state index in [-0.39, 0.29) is 132 Å². The number of nitrogens with zero attached hydrogens (tertiary/aromatic N) is 10. The Hall–Kier alpha value is -10.9. The molecule has 586 valence electrons. The van der Waals surface area contributed by atoms with Gasteiger partial charge < -0.3 is 60.6 Å². The minimum atomic E-state index is -1.11. The number of aromatic nitrogens is 8. The van der Waals surface area contributed by atoms with Crippen molar-refractivity contribution in [2.45, 2.75) is 149 Å². The fourth-order valence-electron chi connectivity index (χ4n) is 13.3. The van der Waals surface area contributed by atoms with Gasteiger partial charge in [0.15, 0.2) is 11.5 Å². The molecule has 4 atom stereocenters. The fourth-order valence-corrected chi connectivity index (χ4v) is 14.3. The molecule has 2 aliphatic rings. The summed E-state index contributed by atoms with van der Waals surface area (Å²) in [6.07, 6.45) is 6.25. The first-order valence-corrected chi connectivity index (χ1v) is 38.3. The molecule has 11 rings (SSSR count). The number of hydrogen-bond donors (Lipinski definition) is 7. The summed E-state index contributed by atoms with van der Waals surface area (Å²) >= 11 is 7.58. The van der Waals surface area contributed by atoms with E-state index in [1.807, 2.05) is 52.0 Å². The van der Waals surface area contributed by atoms with Crippen LogP contribution in [0.1, 0.15) is 130 Å². The average molecular weight is 1560 g/mol. The van der Waals surface area contributed by atoms with Gasteiger partial charge in [-0.1, -0.05) is 92.5 Å². The molecule has 0 radical (unpaired) electrons. The predicted molar refractivity (Wildman–Crippen MR) is 413 cm³/mol. The SMILES string of the molecule is COc1cc2ncnc(Nc3ccc(F)c(Cl)c3)c2cc1OCCCCCC(=O)NC(COCc1cn(CCCC(=O)N[C@H](C(=O)N2C[C@H](O)C[C@H]2C(=O)NCc2ccc(-c3scnc3C)cc2)C(C)(C)C)nn1)C(=O)NCCCCCC(=O)N1CCN(C(=O)c2cc(Cc3n[nH]c(=O)c4ccccc34)ccc2F)CC1. The minimum absolute atomic E-state index is 0.0158. The van der Waals surface area contributed by atoms with Gasteiger partial charge >= 0.3 is 0 Å². The molecule has 32 heteroatoms. The van der Waals surface area contributed by atoms with Crippen LogP contribution in [0.4, 0.5) is 20.3 Å². The number of anilines is 2. The van der Waals surface area contributed by atoms with Crippen molar-refractivity contribution in [1.82, 2.24) is 76.1 Å². The number of carbonyl (C=O) groups excluding carboxylic acids is 7. The normalized spacial score (nSPS) is 14.9. The summed E-state index contributed by atoms with van der Waals surface area (Å²) in [5, 5.41) is 42.3. The van der Waals surface area contributed by atoms with Gasteiger partial charge in [0.2, 0.25) is 35.4 Å². The van der Waals surface area contributed by atoms with Crippen LogP contribution in [0.2, 0.25) is 5.02 Å². The maximum Gasteiger partial charge on any atom is 0.272 e. The van der Waals surface area contributed by atoms with Gasteiger partial charge in [0.05, 0.1) is 82.5 Å². The van der Waals surface area contributed by atoms with E-state index in [4.69, 9.17) is 25.8 Å². The molecule has 9 aromatic rings. The lowest BCUT2D eigenvalue weighted by molar-refractivity contribution is -0.144. The molecule has 0 bridgehead atoms. The summed E-state index contributed by atoms with van der Waals surface area (Å²) in [6, 6.07) is 23.8. The number of carbonyl (C=O) groups is 7. The molecule has 28 nitrogen and oxygen atoms in total. The number of aliphatic hydroxyl groups excluding tert-OH is 1. The van der Waals surface area contributed by atoms with Crippen molar-refractivity contribution in [1.29, 1.82) is 0 Å². The Kier molecular flexibility index (Phi) is 27.9. The number of benzene rings is 5. The van der Waals surface area contributed by atoms with Crippen LogP contribution < -0.4 is 41.6 Å². The molecule has 6 heterocycles. The number of likely N-dealkylation sites (tertiary alicyclic amines) is 1. The zero-order valence-electron chi connectivity index (χ0n) is 62.5. The van der Waals surface area contributed by atoms with E-state index in [2.05, 4.69) is 62.0 Å². The molecule has 7 amide bonds. The molecule has 7 N–H and O–H groups in total. The number of ether oxygens (including phenoxy) is 3. The molecule has 0 aliphatic carbocycles. The van der Waals surface area contributed by atoms with Crippen LogP contribution in [0.5, 0.6) is 11.5 Å². The van der Waals surface area contributed by atoms with Crippen LogP contribution in [0, 0.1) is 24.0 Å². The highest BCUT2D eigenvalue weighted by Gasteiger charge is 2.44. The van der Waals surface area contributed by atoms with Gasteiger partial charge in [-0.05, 0) is 110 Å². The Morgan fingerprint density at radius 1 is 0.775 bits per heavy atom. The summed E-state index contributed by atoms with van der Waals surface area (Å²) in [4.78, 5) is 127. The van der Waals surface area contributed by atoms with Crippen LogP contribution >= 0.6 is 22.9 Å². The highest BCUT2D eigenvalue weighted by molar-refractivity contribution is 7.13. The Morgan fingerprint density at radius 2 is 1.50 bits per heavy atom. The standard InChI is InChI=1S/C79H91ClF2N16O12S/c1-48-71(111-47-87-48)51-23-20-49(21-24-51)41-84-76(105)65-38-54(99)43-98(65)78(107)72(79(2,3)4)90-69(101)18-14-29-97-42-53(91-94-97)44-109-45-64(89-68(100)17-8-7-13-34-110-67-39-58-62(40-66(67)108-5)85-46-86-73(58)88-52-25-27-61(82)59(80)37-52)75(104)83-28-12-6-9-19-70(102)95-30-32-96(33-31-95)77(106)57-35-50(22-26-60(57)81)36-63-55-15-10-11-16-56(55)74(103)93-92-63/h10-11,15-16,20-27,35,37,39-40,42,46-47,54,64-65,72,99H,6-9,12-14,17-19,28-34,36,38,41,43-45H2,1-5H3,(H,83,104)(H,84,105)(H,89,100)(H,90,101)(H,93,103)(H,85,86,88)/t54-,64?,65+,72-/m1/s1. The average Bonchev–Trinajstić information content (AvgIpc) is 1.67. The number of aromatic amines is 1. The third kappa shape index (κ3) is 21.8. The van der Waals surface area contributed by atoms with Gasteiger partial charge in [0, 0.05) is 107 Å². The van der Waals surface area contributed by atoms with Crippen LogP contribution in [0.15, 0.2) is 120 Å². The van der Waals surface area contributed by atoms with Crippen LogP contribution in [0.25, 0.3) is 32.1 Å². The lowest BCUT2D eigenvalue weighted by Crippen LogP contribution is -2.57. The topological polar surface area (TPSA) is 352 Å². The number of H-pyrrole nitrogens is 1. The number of piperazine rings is 1. The second kappa shape index (κ2) is 38.2. The second-order valence-corrected chi connectivity index (χ2v) is 29.9. The molecule has 111 heavy (non-hydrogen) atoms. The summed E-state index contributed by atoms with van der Waals surface area (Å²) in [7, 11) is 1.51. The largest absolute Gasteiger partial charge is 0.493 e. The molecule has 0 spiro atoms. The number of halogens is 3. The van der Waals surface area contributed by atoms with E-state index in [9.17, 15) is 47.9 Å². The van der Waals surface area contributed by atoms with Gasteiger partial charge in [0.1, 0.15) is 47.6 Å². The monoisotopic (exact) mass is 1560 g/mol. The summed E-state index contributed by atoms with van der Waals surface area (Å²) in [5.41, 5.74) is 6.11. The first kappa shape index (κ1) is 81.1. The Morgan fingerprint density at radius 3 is 2.26 bits per heavy atom. The van der Waals surface area contributed by atoms with Crippen molar-refractivity contribution in [3.05, 3.63) is 176 Å². The molecular formula is C79H91ClF2N16O12S. The number of fused-ring (bicyclic) bond motifs is 2. The number of nitrogens with one attached hydrogen (secondary N) is 6.